The summed E-state index contributed by atoms with van der Waals surface area (Å²) in [7, 11) is -3.94. The minimum absolute atomic E-state index is 0.0911. The molecule has 2 atom stereocenters. The normalized spacial score (nSPS) is 25.0. The van der Waals surface area contributed by atoms with E-state index >= 15 is 0 Å². The summed E-state index contributed by atoms with van der Waals surface area (Å²) in [5.74, 6) is 0.0911. The highest BCUT2D eigenvalue weighted by molar-refractivity contribution is 7.86. The predicted octanol–water partition coefficient (Wildman–Crippen LogP) is 3.23. The second kappa shape index (κ2) is 6.90. The van der Waals surface area contributed by atoms with Gasteiger partial charge in [-0.3, -0.25) is 0 Å². The molecule has 0 aliphatic carbocycles. The van der Waals surface area contributed by atoms with Crippen molar-refractivity contribution in [2.24, 2.45) is 5.92 Å². The number of piperidine rings is 1. The Morgan fingerprint density at radius 1 is 1.30 bits per heavy atom. The lowest BCUT2D eigenvalue weighted by Crippen LogP contribution is -2.75. The maximum absolute atomic E-state index is 13.0. The third-order valence-electron chi connectivity index (χ3n) is 5.20. The molecule has 144 valence electrons. The molecule has 27 heavy (non-hydrogen) atoms. The van der Waals surface area contributed by atoms with E-state index in [-0.39, 0.29) is 16.0 Å². The molecular weight excluding hydrogens is 409 g/mol. The molecule has 2 saturated heterocycles. The number of nitrogens with zero attached hydrogens (tertiary/aromatic N) is 2. The number of fused-ring (bicyclic) bond motifs is 1. The number of benzene rings is 1. The molecule has 1 aromatic heterocycles. The van der Waals surface area contributed by atoms with Gasteiger partial charge in [-0.2, -0.15) is 8.42 Å². The van der Waals surface area contributed by atoms with Crippen LogP contribution in [0.5, 0.6) is 0 Å². The van der Waals surface area contributed by atoms with Crippen molar-refractivity contribution in [1.29, 1.82) is 0 Å². The third-order valence-corrected chi connectivity index (χ3v) is 7.25. The van der Waals surface area contributed by atoms with Crippen LogP contribution in [0.4, 0.5) is 5.69 Å². The lowest BCUT2D eigenvalue weighted by atomic mass is 9.79. The molecule has 6 nitrogen and oxygen atoms in total. The van der Waals surface area contributed by atoms with Gasteiger partial charge in [0.1, 0.15) is 5.15 Å². The first-order chi connectivity index (χ1) is 12.8. The molecule has 0 radical (unpaired) electrons. The van der Waals surface area contributed by atoms with Crippen molar-refractivity contribution < 1.29 is 12.6 Å². The van der Waals surface area contributed by atoms with Crippen LogP contribution >= 0.6 is 23.2 Å². The van der Waals surface area contributed by atoms with Crippen molar-refractivity contribution >= 4 is 39.0 Å². The molecule has 0 spiro atoms. The van der Waals surface area contributed by atoms with Crippen LogP contribution in [0, 0.1) is 12.8 Å². The lowest BCUT2D eigenvalue weighted by Gasteiger charge is -2.60. The monoisotopic (exact) mass is 427 g/mol. The van der Waals surface area contributed by atoms with Crippen LogP contribution in [0.3, 0.4) is 0 Å². The summed E-state index contributed by atoms with van der Waals surface area (Å²) in [6.45, 7) is 3.80. The molecule has 3 heterocycles. The number of anilines is 1. The van der Waals surface area contributed by atoms with Crippen molar-refractivity contribution in [2.75, 3.05) is 24.5 Å². The second-order valence-electron chi connectivity index (χ2n) is 6.93. The number of aromatic nitrogens is 1. The fourth-order valence-electron chi connectivity index (χ4n) is 3.69. The Morgan fingerprint density at radius 3 is 2.70 bits per heavy atom. The summed E-state index contributed by atoms with van der Waals surface area (Å²) in [4.78, 5) is 6.12. The summed E-state index contributed by atoms with van der Waals surface area (Å²) < 4.78 is 31.8. The zero-order valence-corrected chi connectivity index (χ0v) is 17.0. The largest absolute Gasteiger partial charge is 0.339 e. The average molecular weight is 428 g/mol. The van der Waals surface area contributed by atoms with Crippen molar-refractivity contribution in [3.05, 3.63) is 52.3 Å². The molecule has 2 aromatic rings. The van der Waals surface area contributed by atoms with Gasteiger partial charge in [-0.05, 0) is 38.1 Å². The van der Waals surface area contributed by atoms with E-state index in [0.717, 1.165) is 18.5 Å². The Hall–Kier alpha value is -1.38. The first-order valence-corrected chi connectivity index (χ1v) is 10.8. The SMILES string of the molecule is Cc1ccc(S(=O)(=O)O[C@@]23CNCC[C@H]2CN3c2cnc(Cl)c(Cl)c2)cc1. The van der Waals surface area contributed by atoms with E-state index in [1.807, 2.05) is 11.8 Å². The highest BCUT2D eigenvalue weighted by atomic mass is 35.5. The van der Waals surface area contributed by atoms with Crippen LogP contribution in [0.25, 0.3) is 0 Å². The van der Waals surface area contributed by atoms with Gasteiger partial charge in [-0.1, -0.05) is 40.9 Å². The number of aryl methyl sites for hydroxylation is 1. The number of nitrogens with one attached hydrogen (secondary N) is 1. The lowest BCUT2D eigenvalue weighted by molar-refractivity contribution is -0.0617. The Bertz CT molecular complexity index is 968. The van der Waals surface area contributed by atoms with Gasteiger partial charge in [0.15, 0.2) is 5.72 Å². The summed E-state index contributed by atoms with van der Waals surface area (Å²) in [5, 5.41) is 3.78. The molecule has 0 unspecified atom stereocenters. The minimum atomic E-state index is -3.94. The summed E-state index contributed by atoms with van der Waals surface area (Å²) in [6, 6.07) is 8.33. The molecule has 2 aliphatic heterocycles. The summed E-state index contributed by atoms with van der Waals surface area (Å²) >= 11 is 12.0. The zero-order chi connectivity index (χ0) is 19.2. The molecule has 9 heteroatoms. The van der Waals surface area contributed by atoms with Crippen LogP contribution in [0.15, 0.2) is 41.4 Å². The minimum Gasteiger partial charge on any atom is -0.339 e. The van der Waals surface area contributed by atoms with Gasteiger partial charge in [-0.15, -0.1) is 0 Å². The Labute approximate surface area is 168 Å². The van der Waals surface area contributed by atoms with E-state index in [1.165, 1.54) is 0 Å². The highest BCUT2D eigenvalue weighted by Crippen LogP contribution is 2.46. The second-order valence-corrected chi connectivity index (χ2v) is 9.25. The van der Waals surface area contributed by atoms with E-state index in [1.54, 1.807) is 36.5 Å². The maximum atomic E-state index is 13.0. The molecule has 1 N–H and O–H groups in total. The fourth-order valence-corrected chi connectivity index (χ4v) is 5.19. The third kappa shape index (κ3) is 3.32. The summed E-state index contributed by atoms with van der Waals surface area (Å²) in [6.07, 6.45) is 2.41. The predicted molar refractivity (Wildman–Crippen MR) is 105 cm³/mol. The number of hydrogen-bond donors (Lipinski definition) is 1. The Balaban J connectivity index is 1.69. The van der Waals surface area contributed by atoms with Gasteiger partial charge in [0, 0.05) is 19.0 Å². The Kier molecular flexibility index (Phi) is 4.84. The molecule has 2 aliphatic rings. The van der Waals surface area contributed by atoms with E-state index in [0.29, 0.717) is 23.8 Å². The molecule has 1 aromatic carbocycles. The van der Waals surface area contributed by atoms with Crippen molar-refractivity contribution in [3.8, 4) is 0 Å². The Morgan fingerprint density at radius 2 is 2.04 bits per heavy atom. The number of hydrogen-bond acceptors (Lipinski definition) is 6. The molecule has 4 rings (SSSR count). The van der Waals surface area contributed by atoms with Crippen LogP contribution < -0.4 is 10.2 Å². The topological polar surface area (TPSA) is 71.5 Å². The number of pyridine rings is 1. The van der Waals surface area contributed by atoms with E-state index in [4.69, 9.17) is 27.4 Å². The van der Waals surface area contributed by atoms with Gasteiger partial charge < -0.3 is 10.2 Å². The number of halogens is 2. The molecule has 0 amide bonds. The number of rotatable bonds is 4. The van der Waals surface area contributed by atoms with E-state index < -0.39 is 15.8 Å². The van der Waals surface area contributed by atoms with Crippen LogP contribution in [0.1, 0.15) is 12.0 Å². The van der Waals surface area contributed by atoms with E-state index in [2.05, 4.69) is 10.3 Å². The molecule has 0 bridgehead atoms. The first kappa shape index (κ1) is 19.0. The van der Waals surface area contributed by atoms with Crippen molar-refractivity contribution in [3.63, 3.8) is 0 Å². The van der Waals surface area contributed by atoms with Gasteiger partial charge in [0.25, 0.3) is 10.1 Å². The van der Waals surface area contributed by atoms with Crippen LogP contribution in [-0.4, -0.2) is 38.8 Å². The quantitative estimate of drug-likeness (QED) is 0.596. The standard InChI is InChI=1S/C18H19Cl2N3O3S/c1-12-2-4-15(5-3-12)27(24,25)26-18-11-21-7-6-13(18)10-23(18)14-8-16(19)17(20)22-9-14/h2-5,8-9,13,21H,6-7,10-11H2,1H3/t13-,18-/m0/s1. The molecule has 0 saturated carbocycles. The van der Waals surface area contributed by atoms with Gasteiger partial charge >= 0.3 is 0 Å². The van der Waals surface area contributed by atoms with Crippen molar-refractivity contribution in [2.45, 2.75) is 24.0 Å². The van der Waals surface area contributed by atoms with Gasteiger partial charge in [0.05, 0.1) is 21.8 Å². The van der Waals surface area contributed by atoms with Gasteiger partial charge in [0.2, 0.25) is 0 Å². The first-order valence-electron chi connectivity index (χ1n) is 8.63. The molecule has 2 fully saturated rings. The molecular formula is C18H19Cl2N3O3S. The highest BCUT2D eigenvalue weighted by Gasteiger charge is 2.58. The van der Waals surface area contributed by atoms with E-state index in [9.17, 15) is 8.42 Å². The zero-order valence-electron chi connectivity index (χ0n) is 14.7. The maximum Gasteiger partial charge on any atom is 0.299 e. The average Bonchev–Trinajstić information content (AvgIpc) is 2.61. The smallest absolute Gasteiger partial charge is 0.299 e. The fraction of sp³-hybridized carbons (Fsp3) is 0.389. The van der Waals surface area contributed by atoms with Crippen LogP contribution in [0.2, 0.25) is 10.2 Å². The van der Waals surface area contributed by atoms with Crippen molar-refractivity contribution in [1.82, 2.24) is 10.3 Å². The summed E-state index contributed by atoms with van der Waals surface area (Å²) in [5.41, 5.74) is 0.667. The van der Waals surface area contributed by atoms with Crippen LogP contribution in [-0.2, 0) is 14.3 Å². The van der Waals surface area contributed by atoms with Gasteiger partial charge in [-0.25, -0.2) is 9.17 Å².